The van der Waals surface area contributed by atoms with Gasteiger partial charge in [0, 0.05) is 0 Å². The lowest BCUT2D eigenvalue weighted by Gasteiger charge is -2.36. The topological polar surface area (TPSA) is 18.5 Å². The Kier molecular flexibility index (Phi) is 7.80. The summed E-state index contributed by atoms with van der Waals surface area (Å²) in [7, 11) is 0. The summed E-state index contributed by atoms with van der Waals surface area (Å²) in [6.07, 6.45) is 7.71. The summed E-state index contributed by atoms with van der Waals surface area (Å²) in [6.45, 7) is 16.8. The molecule has 154 valence electrons. The zero-order valence-corrected chi connectivity index (χ0v) is 18.8. The Morgan fingerprint density at radius 2 is 1.52 bits per heavy atom. The second kappa shape index (κ2) is 9.45. The van der Waals surface area contributed by atoms with Gasteiger partial charge in [0.25, 0.3) is 0 Å². The van der Waals surface area contributed by atoms with Crippen molar-refractivity contribution in [3.05, 3.63) is 29.8 Å². The molecule has 1 unspecified atom stereocenters. The maximum Gasteiger partial charge on any atom is 0.196 e. The van der Waals surface area contributed by atoms with Gasteiger partial charge in [-0.2, -0.15) is 0 Å². The van der Waals surface area contributed by atoms with Crippen molar-refractivity contribution in [3.8, 4) is 5.75 Å². The molecule has 0 aliphatic heterocycles. The molecule has 0 radical (unpaired) electrons. The molecule has 1 aromatic rings. The minimum atomic E-state index is -0.189. The highest BCUT2D eigenvalue weighted by molar-refractivity contribution is 5.30. The molecule has 2 nitrogen and oxygen atoms in total. The minimum absolute atomic E-state index is 0.189. The molecule has 0 saturated heterocycles. The van der Waals surface area contributed by atoms with Gasteiger partial charge in [0.15, 0.2) is 6.29 Å². The van der Waals surface area contributed by atoms with Crippen LogP contribution in [-0.2, 0) is 4.74 Å². The summed E-state index contributed by atoms with van der Waals surface area (Å²) in [5.74, 6) is 2.15. The predicted molar refractivity (Wildman–Crippen MR) is 115 cm³/mol. The number of hydrogen-bond donors (Lipinski definition) is 0. The summed E-state index contributed by atoms with van der Waals surface area (Å²) >= 11 is 0. The third-order valence-corrected chi connectivity index (χ3v) is 5.74. The van der Waals surface area contributed by atoms with Gasteiger partial charge in [0.1, 0.15) is 5.75 Å². The van der Waals surface area contributed by atoms with Crippen LogP contribution in [-0.4, -0.2) is 12.9 Å². The average molecular weight is 375 g/mol. The summed E-state index contributed by atoms with van der Waals surface area (Å²) in [5.41, 5.74) is 1.96. The molecule has 0 heterocycles. The van der Waals surface area contributed by atoms with Crippen LogP contribution in [0.4, 0.5) is 0 Å². The smallest absolute Gasteiger partial charge is 0.196 e. The molecule has 1 aromatic carbocycles. The van der Waals surface area contributed by atoms with Gasteiger partial charge in [-0.05, 0) is 66.5 Å². The van der Waals surface area contributed by atoms with Crippen LogP contribution in [0.3, 0.4) is 0 Å². The predicted octanol–water partition coefficient (Wildman–Crippen LogP) is 7.57. The van der Waals surface area contributed by atoms with Crippen LogP contribution in [0.25, 0.3) is 0 Å². The number of rotatable bonds is 7. The van der Waals surface area contributed by atoms with Gasteiger partial charge < -0.3 is 9.47 Å². The molecule has 2 rings (SSSR count). The first-order valence-corrected chi connectivity index (χ1v) is 10.9. The van der Waals surface area contributed by atoms with Crippen molar-refractivity contribution >= 4 is 0 Å². The Hall–Kier alpha value is -1.02. The molecular formula is C25H42O2. The lowest BCUT2D eigenvalue weighted by atomic mass is 9.69. The molecule has 0 aromatic heterocycles. The maximum absolute atomic E-state index is 6.00. The zero-order chi connectivity index (χ0) is 20.1. The van der Waals surface area contributed by atoms with E-state index in [1.807, 2.05) is 6.92 Å². The van der Waals surface area contributed by atoms with E-state index in [4.69, 9.17) is 9.47 Å². The van der Waals surface area contributed by atoms with E-state index in [-0.39, 0.29) is 11.7 Å². The van der Waals surface area contributed by atoms with Crippen LogP contribution < -0.4 is 4.74 Å². The van der Waals surface area contributed by atoms with E-state index in [0.717, 1.165) is 18.3 Å². The van der Waals surface area contributed by atoms with Crippen molar-refractivity contribution in [1.82, 2.24) is 0 Å². The molecule has 1 aliphatic rings. The van der Waals surface area contributed by atoms with Crippen LogP contribution in [0, 0.1) is 16.7 Å². The van der Waals surface area contributed by atoms with Crippen molar-refractivity contribution in [3.63, 3.8) is 0 Å². The number of hydrogen-bond acceptors (Lipinski definition) is 2. The van der Waals surface area contributed by atoms with Crippen LogP contribution >= 0.6 is 0 Å². The van der Waals surface area contributed by atoms with Crippen molar-refractivity contribution in [2.24, 2.45) is 16.7 Å². The van der Waals surface area contributed by atoms with Crippen LogP contribution in [0.1, 0.15) is 98.5 Å². The highest BCUT2D eigenvalue weighted by Crippen LogP contribution is 2.43. The van der Waals surface area contributed by atoms with Crippen LogP contribution in [0.15, 0.2) is 24.3 Å². The lowest BCUT2D eigenvalue weighted by molar-refractivity contribution is -0.0820. The molecule has 1 fully saturated rings. The van der Waals surface area contributed by atoms with E-state index < -0.39 is 0 Å². The largest absolute Gasteiger partial charge is 0.465 e. The quantitative estimate of drug-likeness (QED) is 0.458. The van der Waals surface area contributed by atoms with Crippen LogP contribution in [0.2, 0.25) is 0 Å². The SMILES string of the molecule is CC(OCC1CCCCC1)Oc1ccc([C@@H](CC(C)(C)C)C(C)(C)C)cc1. The molecule has 1 saturated carbocycles. The van der Waals surface area contributed by atoms with Crippen LogP contribution in [0.5, 0.6) is 5.75 Å². The second-order valence-electron chi connectivity index (χ2n) is 10.8. The fourth-order valence-corrected chi connectivity index (χ4v) is 4.17. The molecule has 0 N–H and O–H groups in total. The summed E-state index contributed by atoms with van der Waals surface area (Å²) in [5, 5.41) is 0. The van der Waals surface area contributed by atoms with Gasteiger partial charge >= 0.3 is 0 Å². The van der Waals surface area contributed by atoms with E-state index in [1.165, 1.54) is 44.1 Å². The molecule has 2 atom stereocenters. The first-order chi connectivity index (χ1) is 12.5. The molecule has 2 heteroatoms. The molecule has 0 spiro atoms. The van der Waals surface area contributed by atoms with Crippen molar-refractivity contribution < 1.29 is 9.47 Å². The standard InChI is InChI=1S/C25H42O2/c1-19(26-18-20-11-9-8-10-12-20)27-22-15-13-21(14-16-22)23(25(5,6)7)17-24(2,3)4/h13-16,19-20,23H,8-12,17-18H2,1-7H3/t19?,23-/m1/s1. The normalized spacial score (nSPS) is 18.9. The molecular weight excluding hydrogens is 332 g/mol. The van der Waals surface area contributed by atoms with E-state index in [2.05, 4.69) is 65.8 Å². The van der Waals surface area contributed by atoms with Gasteiger partial charge in [-0.1, -0.05) is 72.9 Å². The summed E-state index contributed by atoms with van der Waals surface area (Å²) in [6, 6.07) is 8.70. The third-order valence-electron chi connectivity index (χ3n) is 5.74. The highest BCUT2D eigenvalue weighted by Gasteiger charge is 2.30. The maximum atomic E-state index is 6.00. The number of ether oxygens (including phenoxy) is 2. The lowest BCUT2D eigenvalue weighted by Crippen LogP contribution is -2.24. The average Bonchev–Trinajstić information content (AvgIpc) is 2.58. The van der Waals surface area contributed by atoms with E-state index in [1.54, 1.807) is 0 Å². The van der Waals surface area contributed by atoms with E-state index in [0.29, 0.717) is 11.3 Å². The molecule has 0 amide bonds. The fourth-order valence-electron chi connectivity index (χ4n) is 4.17. The minimum Gasteiger partial charge on any atom is -0.465 e. The Labute approximate surface area is 168 Å². The van der Waals surface area contributed by atoms with Gasteiger partial charge in [-0.15, -0.1) is 0 Å². The highest BCUT2D eigenvalue weighted by atomic mass is 16.7. The Morgan fingerprint density at radius 1 is 0.926 bits per heavy atom. The van der Waals surface area contributed by atoms with E-state index >= 15 is 0 Å². The third kappa shape index (κ3) is 7.86. The number of benzene rings is 1. The summed E-state index contributed by atoms with van der Waals surface area (Å²) < 4.78 is 12.0. The van der Waals surface area contributed by atoms with Crippen molar-refractivity contribution in [2.45, 2.75) is 99.2 Å². The Bertz CT molecular complexity index is 541. The first kappa shape index (κ1) is 22.3. The first-order valence-electron chi connectivity index (χ1n) is 10.9. The van der Waals surface area contributed by atoms with E-state index in [9.17, 15) is 0 Å². The summed E-state index contributed by atoms with van der Waals surface area (Å²) in [4.78, 5) is 0. The Balaban J connectivity index is 1.92. The van der Waals surface area contributed by atoms with Gasteiger partial charge in [-0.3, -0.25) is 0 Å². The van der Waals surface area contributed by atoms with Crippen molar-refractivity contribution in [1.29, 1.82) is 0 Å². The van der Waals surface area contributed by atoms with Crippen molar-refractivity contribution in [2.75, 3.05) is 6.61 Å². The Morgan fingerprint density at radius 3 is 2.04 bits per heavy atom. The molecule has 1 aliphatic carbocycles. The molecule has 27 heavy (non-hydrogen) atoms. The van der Waals surface area contributed by atoms with Gasteiger partial charge in [-0.25, -0.2) is 0 Å². The zero-order valence-electron chi connectivity index (χ0n) is 18.8. The molecule has 0 bridgehead atoms. The van der Waals surface area contributed by atoms with Gasteiger partial charge in [0.05, 0.1) is 6.61 Å². The van der Waals surface area contributed by atoms with Gasteiger partial charge in [0.2, 0.25) is 0 Å². The fraction of sp³-hybridized carbons (Fsp3) is 0.760. The monoisotopic (exact) mass is 374 g/mol. The second-order valence-corrected chi connectivity index (χ2v) is 10.8.